The number of hydrogen-bond donors (Lipinski definition) is 4. The van der Waals surface area contributed by atoms with Crippen molar-refractivity contribution < 1.29 is 24.6 Å². The number of benzene rings is 1. The summed E-state index contributed by atoms with van der Waals surface area (Å²) in [7, 11) is 1.75. The molecular weight excluding hydrogens is 604 g/mol. The highest BCUT2D eigenvalue weighted by atomic mass is 16.3. The Balaban J connectivity index is 2.26. The molecule has 0 heterocycles. The molecule has 6 unspecified atom stereocenters. The van der Waals surface area contributed by atoms with E-state index >= 15 is 0 Å². The monoisotopic (exact) mass is 664 g/mol. The van der Waals surface area contributed by atoms with Crippen LogP contribution in [-0.4, -0.2) is 95.3 Å². The average Bonchev–Trinajstić information content (AvgIpc) is 3.10. The summed E-state index contributed by atoms with van der Waals surface area (Å²) in [6, 6.07) is 7.66. The minimum atomic E-state index is -1.21. The number of hydrogen-bond acceptors (Lipinski definition) is 6. The molecule has 9 nitrogen and oxygen atoms in total. The van der Waals surface area contributed by atoms with Crippen LogP contribution in [0.1, 0.15) is 90.5 Å². The second-order valence-electron chi connectivity index (χ2n) is 13.4. The van der Waals surface area contributed by atoms with Crippen LogP contribution in [0.3, 0.4) is 0 Å². The molecule has 1 saturated carbocycles. The Hall–Kier alpha value is -3.37. The standard InChI is InChI=1S/C39H60N4O5/c1-7-11-14-23-34(44)37(46)33(27-31-21-17-13-18-22-31)40-39(48)36(29(5)8-2)41-38(47)32(26-30-19-15-12-16-20-30)28-35(45)42(6)24-25-43(9-3)10-4/h1-2,12,15-16,19-20,29,31-34,36-37,44,46H,9-11,13-14,17-18,21-28H2,3-6H3,(H,40,48)(H,41,47). The second-order valence-corrected chi connectivity index (χ2v) is 13.4. The van der Waals surface area contributed by atoms with Crippen LogP contribution in [0.15, 0.2) is 30.3 Å². The highest BCUT2D eigenvalue weighted by Crippen LogP contribution is 2.29. The van der Waals surface area contributed by atoms with Crippen molar-refractivity contribution in [2.24, 2.45) is 17.8 Å². The van der Waals surface area contributed by atoms with Crippen molar-refractivity contribution in [1.29, 1.82) is 0 Å². The Morgan fingerprint density at radius 2 is 1.65 bits per heavy atom. The zero-order chi connectivity index (χ0) is 35.5. The molecule has 0 spiro atoms. The molecule has 9 heteroatoms. The van der Waals surface area contributed by atoms with Crippen molar-refractivity contribution in [3.05, 3.63) is 35.9 Å². The third kappa shape index (κ3) is 14.0. The fourth-order valence-electron chi connectivity index (χ4n) is 6.45. The maximum absolute atomic E-state index is 13.9. The molecule has 266 valence electrons. The summed E-state index contributed by atoms with van der Waals surface area (Å²) < 4.78 is 0. The van der Waals surface area contributed by atoms with Crippen molar-refractivity contribution in [2.45, 2.75) is 116 Å². The van der Waals surface area contributed by atoms with E-state index in [0.717, 1.165) is 57.3 Å². The van der Waals surface area contributed by atoms with Gasteiger partial charge in [-0.2, -0.15) is 0 Å². The predicted octanol–water partition coefficient (Wildman–Crippen LogP) is 3.77. The number of carbonyl (C=O) groups excluding carboxylic acids is 3. The van der Waals surface area contributed by atoms with E-state index in [1.807, 2.05) is 30.3 Å². The van der Waals surface area contributed by atoms with E-state index in [0.29, 0.717) is 44.6 Å². The number of nitrogens with one attached hydrogen (secondary N) is 2. The van der Waals surface area contributed by atoms with Crippen molar-refractivity contribution >= 4 is 17.7 Å². The number of amides is 3. The summed E-state index contributed by atoms with van der Waals surface area (Å²) in [5.41, 5.74) is 0.900. The molecule has 4 N–H and O–H groups in total. The number of terminal acetylenes is 2. The van der Waals surface area contributed by atoms with Gasteiger partial charge < -0.3 is 30.6 Å². The summed E-state index contributed by atoms with van der Waals surface area (Å²) >= 11 is 0. The van der Waals surface area contributed by atoms with E-state index in [1.54, 1.807) is 18.9 Å². The summed E-state index contributed by atoms with van der Waals surface area (Å²) in [4.78, 5) is 45.1. The first-order chi connectivity index (χ1) is 23.0. The zero-order valence-electron chi connectivity index (χ0n) is 29.7. The van der Waals surface area contributed by atoms with Crippen LogP contribution in [0.2, 0.25) is 0 Å². The fraction of sp³-hybridized carbons (Fsp3) is 0.667. The van der Waals surface area contributed by atoms with Gasteiger partial charge in [-0.1, -0.05) is 76.3 Å². The van der Waals surface area contributed by atoms with E-state index < -0.39 is 47.9 Å². The van der Waals surface area contributed by atoms with Crippen molar-refractivity contribution in [3.8, 4) is 24.7 Å². The summed E-state index contributed by atoms with van der Waals surface area (Å²) in [5, 5.41) is 27.9. The Labute approximate surface area is 289 Å². The van der Waals surface area contributed by atoms with Gasteiger partial charge in [0.25, 0.3) is 0 Å². The summed E-state index contributed by atoms with van der Waals surface area (Å²) in [6.45, 7) is 8.90. The molecule has 0 aromatic heterocycles. The van der Waals surface area contributed by atoms with E-state index in [1.165, 1.54) is 0 Å². The molecule has 3 amide bonds. The topological polar surface area (TPSA) is 122 Å². The third-order valence-electron chi connectivity index (χ3n) is 9.80. The molecule has 0 radical (unpaired) electrons. The Morgan fingerprint density at radius 3 is 2.25 bits per heavy atom. The molecule has 0 saturated heterocycles. The minimum absolute atomic E-state index is 0.0267. The van der Waals surface area contributed by atoms with Gasteiger partial charge in [0, 0.05) is 38.9 Å². The van der Waals surface area contributed by atoms with Gasteiger partial charge >= 0.3 is 0 Å². The van der Waals surface area contributed by atoms with Gasteiger partial charge in [-0.05, 0) is 57.2 Å². The highest BCUT2D eigenvalue weighted by Gasteiger charge is 2.35. The second kappa shape index (κ2) is 22.3. The number of nitrogens with zero attached hydrogens (tertiary/aromatic N) is 2. The third-order valence-corrected chi connectivity index (χ3v) is 9.80. The largest absolute Gasteiger partial charge is 0.390 e. The molecule has 1 aliphatic rings. The van der Waals surface area contributed by atoms with Crippen LogP contribution in [0.4, 0.5) is 0 Å². The first kappa shape index (κ1) is 40.8. The van der Waals surface area contributed by atoms with Gasteiger partial charge in [0.15, 0.2) is 0 Å². The van der Waals surface area contributed by atoms with E-state index in [-0.39, 0.29) is 12.3 Å². The molecule has 6 atom stereocenters. The van der Waals surface area contributed by atoms with Gasteiger partial charge in [0.2, 0.25) is 17.7 Å². The van der Waals surface area contributed by atoms with Crippen molar-refractivity contribution in [2.75, 3.05) is 33.2 Å². The SMILES string of the molecule is C#CCCCC(O)C(O)C(CC1CCCCC1)NC(=O)C(NC(=O)C(CC(=O)N(C)CCN(CC)CC)Cc1ccccc1)C(C)C#C. The van der Waals surface area contributed by atoms with Crippen LogP contribution in [-0.2, 0) is 20.8 Å². The van der Waals surface area contributed by atoms with E-state index in [2.05, 4.69) is 41.2 Å². The molecule has 48 heavy (non-hydrogen) atoms. The van der Waals surface area contributed by atoms with Gasteiger partial charge in [0.1, 0.15) is 6.04 Å². The number of unbranched alkanes of at least 4 members (excludes halogenated alkanes) is 1. The Kier molecular flexibility index (Phi) is 19.0. The maximum Gasteiger partial charge on any atom is 0.244 e. The molecular formula is C39H60N4O5. The lowest BCUT2D eigenvalue weighted by molar-refractivity contribution is -0.137. The number of aliphatic hydroxyl groups is 2. The number of rotatable bonds is 21. The highest BCUT2D eigenvalue weighted by molar-refractivity contribution is 5.91. The van der Waals surface area contributed by atoms with Crippen molar-refractivity contribution in [3.63, 3.8) is 0 Å². The molecule has 0 bridgehead atoms. The number of aliphatic hydroxyl groups excluding tert-OH is 2. The summed E-state index contributed by atoms with van der Waals surface area (Å²) in [5.74, 6) is 2.92. The maximum atomic E-state index is 13.9. The quantitative estimate of drug-likeness (QED) is 0.117. The van der Waals surface area contributed by atoms with Crippen LogP contribution in [0.25, 0.3) is 0 Å². The zero-order valence-corrected chi connectivity index (χ0v) is 29.7. The van der Waals surface area contributed by atoms with E-state index in [9.17, 15) is 24.6 Å². The lowest BCUT2D eigenvalue weighted by Crippen LogP contribution is -2.57. The fourth-order valence-corrected chi connectivity index (χ4v) is 6.45. The molecule has 1 fully saturated rings. The average molecular weight is 665 g/mol. The molecule has 2 rings (SSSR count). The summed E-state index contributed by atoms with van der Waals surface area (Å²) in [6.07, 6.45) is 16.4. The first-order valence-electron chi connectivity index (χ1n) is 17.9. The Bertz CT molecular complexity index is 1180. The van der Waals surface area contributed by atoms with Gasteiger partial charge in [-0.15, -0.1) is 24.7 Å². The normalized spacial score (nSPS) is 17.2. The van der Waals surface area contributed by atoms with Crippen LogP contribution >= 0.6 is 0 Å². The van der Waals surface area contributed by atoms with Gasteiger partial charge in [0.05, 0.1) is 24.2 Å². The number of carbonyl (C=O) groups is 3. The van der Waals surface area contributed by atoms with E-state index in [4.69, 9.17) is 12.8 Å². The minimum Gasteiger partial charge on any atom is -0.390 e. The van der Waals surface area contributed by atoms with Crippen molar-refractivity contribution in [1.82, 2.24) is 20.4 Å². The van der Waals surface area contributed by atoms with Crippen LogP contribution in [0, 0.1) is 42.4 Å². The lowest BCUT2D eigenvalue weighted by atomic mass is 9.82. The van der Waals surface area contributed by atoms with Gasteiger partial charge in [-0.3, -0.25) is 14.4 Å². The molecule has 1 aromatic carbocycles. The molecule has 1 aliphatic carbocycles. The molecule has 0 aliphatic heterocycles. The first-order valence-corrected chi connectivity index (χ1v) is 17.9. The lowest BCUT2D eigenvalue weighted by Gasteiger charge is -2.34. The number of likely N-dealkylation sites (N-methyl/N-ethyl adjacent to an activating group) is 2. The van der Waals surface area contributed by atoms with Crippen LogP contribution in [0.5, 0.6) is 0 Å². The Morgan fingerprint density at radius 1 is 0.979 bits per heavy atom. The van der Waals surface area contributed by atoms with Crippen LogP contribution < -0.4 is 10.6 Å². The van der Waals surface area contributed by atoms with Gasteiger partial charge in [-0.25, -0.2) is 0 Å². The molecule has 1 aromatic rings. The smallest absolute Gasteiger partial charge is 0.244 e. The predicted molar refractivity (Wildman–Crippen MR) is 191 cm³/mol.